The minimum Gasteiger partial charge on any atom is -0.493 e. The number of tetrazole rings is 1. The SMILES string of the molecule is CCCN(CC1CC1)C(=O)Cn1nnc(-c2ccc(OC)c(OC)c2)n1. The molecule has 0 saturated heterocycles. The summed E-state index contributed by atoms with van der Waals surface area (Å²) in [7, 11) is 3.16. The Morgan fingerprint density at radius 3 is 2.69 bits per heavy atom. The smallest absolute Gasteiger partial charge is 0.246 e. The normalized spacial score (nSPS) is 13.5. The molecular formula is C18H25N5O3. The molecule has 0 N–H and O–H groups in total. The van der Waals surface area contributed by atoms with Gasteiger partial charge in [-0.3, -0.25) is 4.79 Å². The van der Waals surface area contributed by atoms with Crippen molar-refractivity contribution in [2.45, 2.75) is 32.7 Å². The van der Waals surface area contributed by atoms with Crippen molar-refractivity contribution < 1.29 is 14.3 Å². The van der Waals surface area contributed by atoms with Gasteiger partial charge in [0.1, 0.15) is 6.54 Å². The standard InChI is InChI=1S/C18H25N5O3/c1-4-9-22(11-13-5-6-13)17(24)12-23-20-18(19-21-23)14-7-8-15(25-2)16(10-14)26-3/h7-8,10,13H,4-6,9,11-12H2,1-3H3. The highest BCUT2D eigenvalue weighted by atomic mass is 16.5. The fourth-order valence-corrected chi connectivity index (χ4v) is 2.82. The summed E-state index contributed by atoms with van der Waals surface area (Å²) in [4.78, 5) is 15.8. The zero-order chi connectivity index (χ0) is 18.5. The van der Waals surface area contributed by atoms with Gasteiger partial charge in [-0.05, 0) is 48.6 Å². The summed E-state index contributed by atoms with van der Waals surface area (Å²) in [5, 5.41) is 12.4. The van der Waals surface area contributed by atoms with Gasteiger partial charge in [0.05, 0.1) is 14.2 Å². The Kier molecular flexibility index (Phi) is 5.70. The van der Waals surface area contributed by atoms with Crippen LogP contribution in [0.15, 0.2) is 18.2 Å². The van der Waals surface area contributed by atoms with Gasteiger partial charge in [0, 0.05) is 18.7 Å². The second kappa shape index (κ2) is 8.16. The molecule has 8 nitrogen and oxygen atoms in total. The van der Waals surface area contributed by atoms with Crippen molar-refractivity contribution in [3.8, 4) is 22.9 Å². The van der Waals surface area contributed by atoms with Crippen molar-refractivity contribution in [1.82, 2.24) is 25.1 Å². The van der Waals surface area contributed by atoms with E-state index in [0.717, 1.165) is 25.1 Å². The lowest BCUT2D eigenvalue weighted by atomic mass is 10.2. The molecule has 1 aliphatic carbocycles. The largest absolute Gasteiger partial charge is 0.493 e. The average Bonchev–Trinajstić information content (AvgIpc) is 3.36. The molecule has 1 saturated carbocycles. The van der Waals surface area contributed by atoms with E-state index < -0.39 is 0 Å². The van der Waals surface area contributed by atoms with Crippen molar-refractivity contribution in [2.75, 3.05) is 27.3 Å². The molecule has 1 aromatic carbocycles. The van der Waals surface area contributed by atoms with E-state index in [1.165, 1.54) is 17.6 Å². The lowest BCUT2D eigenvalue weighted by Gasteiger charge is -2.21. The van der Waals surface area contributed by atoms with Gasteiger partial charge in [0.15, 0.2) is 11.5 Å². The topological polar surface area (TPSA) is 82.4 Å². The number of benzene rings is 1. The fraction of sp³-hybridized carbons (Fsp3) is 0.556. The van der Waals surface area contributed by atoms with Gasteiger partial charge in [0.2, 0.25) is 11.7 Å². The van der Waals surface area contributed by atoms with E-state index in [0.29, 0.717) is 23.2 Å². The highest BCUT2D eigenvalue weighted by Gasteiger charge is 2.26. The molecule has 2 aromatic rings. The van der Waals surface area contributed by atoms with Crippen molar-refractivity contribution in [2.24, 2.45) is 5.92 Å². The van der Waals surface area contributed by atoms with Crippen LogP contribution >= 0.6 is 0 Å². The van der Waals surface area contributed by atoms with Crippen molar-refractivity contribution in [3.63, 3.8) is 0 Å². The highest BCUT2D eigenvalue weighted by Crippen LogP contribution is 2.31. The van der Waals surface area contributed by atoms with Crippen LogP contribution in [0.4, 0.5) is 0 Å². The molecule has 1 amide bonds. The van der Waals surface area contributed by atoms with E-state index in [-0.39, 0.29) is 12.5 Å². The summed E-state index contributed by atoms with van der Waals surface area (Å²) in [6.07, 6.45) is 3.39. The number of rotatable bonds is 9. The van der Waals surface area contributed by atoms with Crippen LogP contribution in [0.1, 0.15) is 26.2 Å². The first-order valence-corrected chi connectivity index (χ1v) is 8.92. The average molecular weight is 359 g/mol. The van der Waals surface area contributed by atoms with Crippen LogP contribution in [-0.4, -0.2) is 58.3 Å². The first-order chi connectivity index (χ1) is 12.6. The summed E-state index contributed by atoms with van der Waals surface area (Å²) in [5.74, 6) is 2.37. The number of ether oxygens (including phenoxy) is 2. The zero-order valence-electron chi connectivity index (χ0n) is 15.5. The molecular weight excluding hydrogens is 334 g/mol. The van der Waals surface area contributed by atoms with Gasteiger partial charge in [-0.1, -0.05) is 6.92 Å². The van der Waals surface area contributed by atoms with Gasteiger partial charge >= 0.3 is 0 Å². The summed E-state index contributed by atoms with van der Waals surface area (Å²) in [6.45, 7) is 3.79. The molecule has 140 valence electrons. The number of amides is 1. The number of carbonyl (C=O) groups is 1. The van der Waals surface area contributed by atoms with Gasteiger partial charge < -0.3 is 14.4 Å². The van der Waals surface area contributed by atoms with E-state index in [1.54, 1.807) is 26.4 Å². The molecule has 8 heteroatoms. The number of carbonyl (C=O) groups excluding carboxylic acids is 1. The predicted octanol–water partition coefficient (Wildman–Crippen LogP) is 2.01. The van der Waals surface area contributed by atoms with Gasteiger partial charge in [-0.25, -0.2) is 0 Å². The maximum Gasteiger partial charge on any atom is 0.246 e. The van der Waals surface area contributed by atoms with Crippen LogP contribution in [-0.2, 0) is 11.3 Å². The van der Waals surface area contributed by atoms with Gasteiger partial charge in [-0.2, -0.15) is 4.80 Å². The van der Waals surface area contributed by atoms with Gasteiger partial charge in [0.25, 0.3) is 0 Å². The second-order valence-electron chi connectivity index (χ2n) is 6.50. The Morgan fingerprint density at radius 2 is 2.04 bits per heavy atom. The monoisotopic (exact) mass is 359 g/mol. The molecule has 1 aliphatic rings. The third-order valence-electron chi connectivity index (χ3n) is 4.39. The second-order valence-corrected chi connectivity index (χ2v) is 6.50. The molecule has 1 heterocycles. The van der Waals surface area contributed by atoms with E-state index in [2.05, 4.69) is 22.3 Å². The first kappa shape index (κ1) is 18.2. The molecule has 1 aromatic heterocycles. The Labute approximate surface area is 153 Å². The minimum absolute atomic E-state index is 0.0370. The summed E-state index contributed by atoms with van der Waals surface area (Å²) < 4.78 is 10.5. The highest BCUT2D eigenvalue weighted by molar-refractivity contribution is 5.75. The Bertz CT molecular complexity index is 757. The van der Waals surface area contributed by atoms with Crippen molar-refractivity contribution in [1.29, 1.82) is 0 Å². The molecule has 0 aliphatic heterocycles. The third kappa shape index (κ3) is 4.30. The first-order valence-electron chi connectivity index (χ1n) is 8.92. The third-order valence-corrected chi connectivity index (χ3v) is 4.39. The van der Waals surface area contributed by atoms with Crippen molar-refractivity contribution in [3.05, 3.63) is 18.2 Å². The number of methoxy groups -OCH3 is 2. The van der Waals surface area contributed by atoms with Crippen LogP contribution < -0.4 is 9.47 Å². The maximum atomic E-state index is 12.6. The maximum absolute atomic E-state index is 12.6. The zero-order valence-corrected chi connectivity index (χ0v) is 15.5. The lowest BCUT2D eigenvalue weighted by molar-refractivity contribution is -0.132. The molecule has 3 rings (SSSR count). The minimum atomic E-state index is 0.0370. The van der Waals surface area contributed by atoms with Crippen LogP contribution in [0.5, 0.6) is 11.5 Å². The molecule has 26 heavy (non-hydrogen) atoms. The quantitative estimate of drug-likeness (QED) is 0.681. The van der Waals surface area contributed by atoms with E-state index in [4.69, 9.17) is 9.47 Å². The fourth-order valence-electron chi connectivity index (χ4n) is 2.82. The Balaban J connectivity index is 1.69. The van der Waals surface area contributed by atoms with Crippen LogP contribution in [0.25, 0.3) is 11.4 Å². The molecule has 1 fully saturated rings. The van der Waals surface area contributed by atoms with Crippen LogP contribution in [0.3, 0.4) is 0 Å². The molecule has 0 bridgehead atoms. The van der Waals surface area contributed by atoms with Crippen molar-refractivity contribution >= 4 is 5.91 Å². The predicted molar refractivity (Wildman–Crippen MR) is 96.0 cm³/mol. The van der Waals surface area contributed by atoms with E-state index in [1.807, 2.05) is 11.0 Å². The molecule has 0 radical (unpaired) electrons. The lowest BCUT2D eigenvalue weighted by Crippen LogP contribution is -2.36. The Morgan fingerprint density at radius 1 is 1.27 bits per heavy atom. The van der Waals surface area contributed by atoms with Crippen LogP contribution in [0, 0.1) is 5.92 Å². The molecule has 0 spiro atoms. The van der Waals surface area contributed by atoms with Crippen LogP contribution in [0.2, 0.25) is 0 Å². The number of hydrogen-bond acceptors (Lipinski definition) is 6. The van der Waals surface area contributed by atoms with Gasteiger partial charge in [-0.15, -0.1) is 10.2 Å². The molecule has 0 unspecified atom stereocenters. The number of nitrogens with zero attached hydrogens (tertiary/aromatic N) is 5. The summed E-state index contributed by atoms with van der Waals surface area (Å²) >= 11 is 0. The van der Waals surface area contributed by atoms with E-state index in [9.17, 15) is 4.79 Å². The Hall–Kier alpha value is -2.64. The number of hydrogen-bond donors (Lipinski definition) is 0. The summed E-state index contributed by atoms with van der Waals surface area (Å²) in [5.41, 5.74) is 0.754. The van der Waals surface area contributed by atoms with E-state index >= 15 is 0 Å². The molecule has 0 atom stereocenters. The summed E-state index contributed by atoms with van der Waals surface area (Å²) in [6, 6.07) is 5.41. The number of aromatic nitrogens is 4.